The number of aromatic nitrogens is 2. The number of benzene rings is 1. The summed E-state index contributed by atoms with van der Waals surface area (Å²) >= 11 is 0. The van der Waals surface area contributed by atoms with Gasteiger partial charge in [0.15, 0.2) is 11.4 Å². The second kappa shape index (κ2) is 6.05. The number of ether oxygens (including phenoxy) is 1. The van der Waals surface area contributed by atoms with Gasteiger partial charge in [-0.3, -0.25) is 0 Å². The fourth-order valence-corrected chi connectivity index (χ4v) is 1.77. The molecule has 0 aliphatic rings. The molecule has 0 saturated carbocycles. The number of nitriles is 1. The molecular weight excluding hydrogens is 293 g/mol. The van der Waals surface area contributed by atoms with Crippen molar-refractivity contribution in [2.75, 3.05) is 6.61 Å². The highest BCUT2D eigenvalue weighted by molar-refractivity contribution is 5.93. The van der Waals surface area contributed by atoms with Crippen LogP contribution in [-0.2, 0) is 4.74 Å². The lowest BCUT2D eigenvalue weighted by molar-refractivity contribution is 0.0518. The fourth-order valence-electron chi connectivity index (χ4n) is 1.77. The van der Waals surface area contributed by atoms with Gasteiger partial charge in [-0.1, -0.05) is 0 Å². The monoisotopic (exact) mass is 303 g/mol. The van der Waals surface area contributed by atoms with Gasteiger partial charge in [-0.25, -0.2) is 18.7 Å². The Kier molecular flexibility index (Phi) is 4.18. The predicted octanol–water partition coefficient (Wildman–Crippen LogP) is 1.76. The molecule has 7 nitrogen and oxygen atoms in total. The molecule has 2 aromatic rings. The molecule has 2 rings (SSSR count). The number of carboxylic acids is 1. The van der Waals surface area contributed by atoms with Crippen molar-refractivity contribution in [2.45, 2.75) is 6.92 Å². The zero-order valence-electron chi connectivity index (χ0n) is 11.4. The highest BCUT2D eigenvalue weighted by atomic mass is 19.1. The van der Waals surface area contributed by atoms with E-state index in [4.69, 9.17) is 10.00 Å². The first-order chi connectivity index (χ1) is 10.5. The molecule has 0 atom stereocenters. The molecule has 1 heterocycles. The number of halogens is 1. The van der Waals surface area contributed by atoms with Crippen LogP contribution in [0.1, 0.15) is 33.5 Å². The molecule has 0 bridgehead atoms. The maximum absolute atomic E-state index is 13.3. The van der Waals surface area contributed by atoms with Crippen molar-refractivity contribution in [3.63, 3.8) is 0 Å². The summed E-state index contributed by atoms with van der Waals surface area (Å²) < 4.78 is 19.0. The van der Waals surface area contributed by atoms with Crippen molar-refractivity contribution in [1.82, 2.24) is 9.78 Å². The van der Waals surface area contributed by atoms with Crippen molar-refractivity contribution in [3.8, 4) is 11.8 Å². The number of aromatic carboxylic acids is 1. The molecule has 0 saturated heterocycles. The van der Waals surface area contributed by atoms with Gasteiger partial charge in [0.1, 0.15) is 11.9 Å². The first-order valence-corrected chi connectivity index (χ1v) is 6.18. The standard InChI is InChI=1S/C14H10FN3O4/c1-2-22-14(21)11-6-12(13(19)20)18(17-11)9-3-4-10(15)8(5-9)7-16/h3-6H,2H2,1H3,(H,19,20). The zero-order valence-corrected chi connectivity index (χ0v) is 11.4. The summed E-state index contributed by atoms with van der Waals surface area (Å²) in [4.78, 5) is 22.9. The third-order valence-corrected chi connectivity index (χ3v) is 2.73. The van der Waals surface area contributed by atoms with Crippen LogP contribution in [0.5, 0.6) is 0 Å². The van der Waals surface area contributed by atoms with Gasteiger partial charge in [-0.2, -0.15) is 10.4 Å². The van der Waals surface area contributed by atoms with Crippen LogP contribution in [0.3, 0.4) is 0 Å². The van der Waals surface area contributed by atoms with E-state index in [0.717, 1.165) is 22.9 Å². The summed E-state index contributed by atoms with van der Waals surface area (Å²) in [6, 6.07) is 6.12. The molecular formula is C14H10FN3O4. The predicted molar refractivity (Wildman–Crippen MR) is 71.2 cm³/mol. The number of rotatable bonds is 4. The van der Waals surface area contributed by atoms with Crippen LogP contribution in [0.2, 0.25) is 0 Å². The highest BCUT2D eigenvalue weighted by Gasteiger charge is 2.21. The van der Waals surface area contributed by atoms with E-state index in [1.807, 2.05) is 0 Å². The Morgan fingerprint density at radius 2 is 2.18 bits per heavy atom. The summed E-state index contributed by atoms with van der Waals surface area (Å²) in [7, 11) is 0. The third-order valence-electron chi connectivity index (χ3n) is 2.73. The van der Waals surface area contributed by atoms with Crippen LogP contribution in [-0.4, -0.2) is 33.4 Å². The van der Waals surface area contributed by atoms with E-state index in [1.54, 1.807) is 13.0 Å². The minimum absolute atomic E-state index is 0.114. The molecule has 112 valence electrons. The molecule has 8 heteroatoms. The number of carbonyl (C=O) groups is 2. The van der Waals surface area contributed by atoms with Crippen molar-refractivity contribution < 1.29 is 23.8 Å². The van der Waals surface area contributed by atoms with Gasteiger partial charge in [-0.15, -0.1) is 0 Å². The summed E-state index contributed by atoms with van der Waals surface area (Å²) in [6.45, 7) is 1.72. The summed E-state index contributed by atoms with van der Waals surface area (Å²) in [6.07, 6.45) is 0. The number of carboxylic acid groups (broad SMARTS) is 1. The van der Waals surface area contributed by atoms with Crippen molar-refractivity contribution in [1.29, 1.82) is 5.26 Å². The Labute approximate surface area is 124 Å². The molecule has 1 aromatic heterocycles. The van der Waals surface area contributed by atoms with E-state index < -0.39 is 17.8 Å². The number of nitrogens with zero attached hydrogens (tertiary/aromatic N) is 3. The Hall–Kier alpha value is -3.21. The quantitative estimate of drug-likeness (QED) is 0.863. The SMILES string of the molecule is CCOC(=O)c1cc(C(=O)O)n(-c2ccc(F)c(C#N)c2)n1. The van der Waals surface area contributed by atoms with E-state index in [0.29, 0.717) is 0 Å². The van der Waals surface area contributed by atoms with Gasteiger partial charge >= 0.3 is 11.9 Å². The number of carbonyl (C=O) groups excluding carboxylic acids is 1. The van der Waals surface area contributed by atoms with Crippen LogP contribution >= 0.6 is 0 Å². The van der Waals surface area contributed by atoms with Crippen LogP contribution in [0.25, 0.3) is 5.69 Å². The van der Waals surface area contributed by atoms with Gasteiger partial charge in [0, 0.05) is 6.07 Å². The minimum atomic E-state index is -1.33. The average molecular weight is 303 g/mol. The largest absolute Gasteiger partial charge is 0.477 e. The number of hydrogen-bond donors (Lipinski definition) is 1. The van der Waals surface area contributed by atoms with Crippen LogP contribution in [0.4, 0.5) is 4.39 Å². The molecule has 0 spiro atoms. The molecule has 0 fully saturated rings. The van der Waals surface area contributed by atoms with Crippen LogP contribution < -0.4 is 0 Å². The van der Waals surface area contributed by atoms with Crippen molar-refractivity contribution in [2.24, 2.45) is 0 Å². The smallest absolute Gasteiger partial charge is 0.358 e. The highest BCUT2D eigenvalue weighted by Crippen LogP contribution is 2.17. The van der Waals surface area contributed by atoms with Gasteiger partial charge in [0.2, 0.25) is 0 Å². The van der Waals surface area contributed by atoms with Crippen molar-refractivity contribution >= 4 is 11.9 Å². The van der Waals surface area contributed by atoms with E-state index in [2.05, 4.69) is 5.10 Å². The van der Waals surface area contributed by atoms with Crippen LogP contribution in [0.15, 0.2) is 24.3 Å². The Balaban J connectivity index is 2.57. The topological polar surface area (TPSA) is 105 Å². The minimum Gasteiger partial charge on any atom is -0.477 e. The van der Waals surface area contributed by atoms with E-state index >= 15 is 0 Å². The van der Waals surface area contributed by atoms with E-state index in [1.165, 1.54) is 6.07 Å². The molecule has 0 unspecified atom stereocenters. The first-order valence-electron chi connectivity index (χ1n) is 6.18. The van der Waals surface area contributed by atoms with Gasteiger partial charge in [-0.05, 0) is 25.1 Å². The normalized spacial score (nSPS) is 10.0. The second-order valence-electron chi connectivity index (χ2n) is 4.13. The number of esters is 1. The molecule has 1 N–H and O–H groups in total. The van der Waals surface area contributed by atoms with E-state index in [-0.39, 0.29) is 29.2 Å². The van der Waals surface area contributed by atoms with Crippen LogP contribution in [0, 0.1) is 17.1 Å². The average Bonchev–Trinajstić information content (AvgIpc) is 2.93. The molecule has 1 aromatic carbocycles. The Morgan fingerprint density at radius 3 is 2.77 bits per heavy atom. The first kappa shape index (κ1) is 15.2. The Morgan fingerprint density at radius 1 is 1.45 bits per heavy atom. The third kappa shape index (κ3) is 2.78. The molecule has 0 aliphatic heterocycles. The molecule has 22 heavy (non-hydrogen) atoms. The summed E-state index contributed by atoms with van der Waals surface area (Å²) in [5, 5.41) is 21.9. The van der Waals surface area contributed by atoms with Crippen molar-refractivity contribution in [3.05, 3.63) is 47.0 Å². The van der Waals surface area contributed by atoms with Gasteiger partial charge in [0.25, 0.3) is 0 Å². The molecule has 0 amide bonds. The van der Waals surface area contributed by atoms with Gasteiger partial charge in [0.05, 0.1) is 17.9 Å². The summed E-state index contributed by atoms with van der Waals surface area (Å²) in [5.41, 5.74) is -0.617. The lowest BCUT2D eigenvalue weighted by Gasteiger charge is -2.05. The van der Waals surface area contributed by atoms with Gasteiger partial charge < -0.3 is 9.84 Å². The lowest BCUT2D eigenvalue weighted by atomic mass is 10.2. The Bertz CT molecular complexity index is 792. The second-order valence-corrected chi connectivity index (χ2v) is 4.13. The molecule has 0 aliphatic carbocycles. The summed E-state index contributed by atoms with van der Waals surface area (Å²) in [5.74, 6) is -2.84. The maximum atomic E-state index is 13.3. The lowest BCUT2D eigenvalue weighted by Crippen LogP contribution is -2.09. The van der Waals surface area contributed by atoms with E-state index in [9.17, 15) is 19.1 Å². The molecule has 0 radical (unpaired) electrons. The zero-order chi connectivity index (χ0) is 16.3. The fraction of sp³-hybridized carbons (Fsp3) is 0.143. The maximum Gasteiger partial charge on any atom is 0.358 e. The number of hydrogen-bond acceptors (Lipinski definition) is 5.